The number of ether oxygens (including phenoxy) is 3. The second-order valence-corrected chi connectivity index (χ2v) is 25.1. The van der Waals surface area contributed by atoms with Crippen molar-refractivity contribution >= 4 is 67.8 Å². The van der Waals surface area contributed by atoms with Gasteiger partial charge in [0.25, 0.3) is 0 Å². The number of aryl methyl sites for hydroxylation is 3. The van der Waals surface area contributed by atoms with E-state index in [4.69, 9.17) is 14.2 Å². The van der Waals surface area contributed by atoms with Crippen LogP contribution in [0.3, 0.4) is 0 Å². The van der Waals surface area contributed by atoms with E-state index in [1.54, 1.807) is 0 Å². The predicted molar refractivity (Wildman–Crippen MR) is 392 cm³/mol. The number of para-hydroxylation sites is 11. The van der Waals surface area contributed by atoms with Gasteiger partial charge in [-0.3, -0.25) is 4.90 Å². The highest BCUT2D eigenvalue weighted by atomic mass is 32.2. The minimum Gasteiger partial charge on any atom is -0.490 e. The molecule has 2 aromatic heterocycles. The van der Waals surface area contributed by atoms with Crippen LogP contribution in [-0.4, -0.2) is 114 Å². The zero-order valence-electron chi connectivity index (χ0n) is 55.8. The third-order valence-electron chi connectivity index (χ3n) is 17.2. The first-order chi connectivity index (χ1) is 45.4. The highest BCUT2D eigenvalue weighted by Crippen LogP contribution is 2.37. The van der Waals surface area contributed by atoms with E-state index in [0.717, 1.165) is 55.7 Å². The van der Waals surface area contributed by atoms with Crippen LogP contribution in [0.4, 0.5) is 34.1 Å². The van der Waals surface area contributed by atoms with Gasteiger partial charge in [0.05, 0.1) is 53.5 Å². The Labute approximate surface area is 556 Å². The van der Waals surface area contributed by atoms with Crippen molar-refractivity contribution in [1.29, 1.82) is 0 Å². The Balaban J connectivity index is 0.000000114. The van der Waals surface area contributed by atoms with E-state index in [1.165, 1.54) is 116 Å². The third-order valence-corrected chi connectivity index (χ3v) is 18.3. The van der Waals surface area contributed by atoms with Crippen molar-refractivity contribution in [1.82, 2.24) is 19.0 Å². The second-order valence-electron chi connectivity index (χ2n) is 24.1. The van der Waals surface area contributed by atoms with Gasteiger partial charge in [-0.05, 0) is 133 Å². The van der Waals surface area contributed by atoms with Gasteiger partial charge in [0.2, 0.25) is 0 Å². The summed E-state index contributed by atoms with van der Waals surface area (Å²) < 4.78 is 20.3. The molecular weight excluding hydrogens is 1170 g/mol. The number of anilines is 6. The van der Waals surface area contributed by atoms with E-state index < -0.39 is 0 Å². The first-order valence-corrected chi connectivity index (χ1v) is 33.2. The first kappa shape index (κ1) is 66.6. The van der Waals surface area contributed by atoms with E-state index in [2.05, 4.69) is 256 Å². The molecule has 0 atom stereocenters. The van der Waals surface area contributed by atoms with Crippen LogP contribution in [0.1, 0.15) is 34.2 Å². The smallest absolute Gasteiger partial charge is 0.161 e. The van der Waals surface area contributed by atoms with E-state index in [0.29, 0.717) is 13.5 Å². The standard InChI is InChI=1S/C10H13N.2C9H11NO.2C9H11N.C9H9N.C8H8N2.C8H9NO.C8H9NS/c1-11-8-4-6-9-5-2-3-7-10(9)11;1-10-7-11-6-8-4-2-3-5-9(8)10;1-10-6-7-11-9-5-3-2-4-8(9)10;1-10-6-8-4-2-3-5-9(8)7-10;2*1-10-7-6-8-4-2-3-5-9(8)10;1-10-6-9-7-4-2-3-5-8(7)10;2*1-9-6-10-8-5-3-2-4-7(8)9/h2-3,5,7H,4,6,8H2,1H3;2*2-5H,6-7H2,1H3;2*2-5H,6-7H2,1H3;2-7H,1H3;2-6H,1H3;2*2-5H,6H2,1H3. The molecule has 0 saturated carbocycles. The summed E-state index contributed by atoms with van der Waals surface area (Å²) in [5.41, 5.74) is 18.6. The topological polar surface area (TPSA) is 73.1 Å². The molecule has 14 heteroatoms. The third kappa shape index (κ3) is 18.0. The molecule has 482 valence electrons. The Hall–Kier alpha value is -9.34. The Morgan fingerprint density at radius 1 is 0.376 bits per heavy atom. The number of nitrogens with zero attached hydrogens (tertiary/aromatic N) is 10. The molecule has 7 aliphatic rings. The summed E-state index contributed by atoms with van der Waals surface area (Å²) >= 11 is 1.90. The van der Waals surface area contributed by atoms with Crippen LogP contribution in [0.15, 0.2) is 242 Å². The fourth-order valence-electron chi connectivity index (χ4n) is 12.0. The molecule has 0 bridgehead atoms. The number of thioether (sulfide) groups is 1. The van der Waals surface area contributed by atoms with E-state index in [9.17, 15) is 0 Å². The lowest BCUT2D eigenvalue weighted by atomic mass is 10.0. The summed E-state index contributed by atoms with van der Waals surface area (Å²) in [7, 11) is 18.8. The van der Waals surface area contributed by atoms with Gasteiger partial charge in [-0.1, -0.05) is 146 Å². The molecule has 11 aromatic rings. The minimum atomic E-state index is 0.680. The van der Waals surface area contributed by atoms with Crippen LogP contribution in [0.2, 0.25) is 0 Å². The quantitative estimate of drug-likeness (QED) is 0.145. The van der Waals surface area contributed by atoms with Crippen LogP contribution in [0, 0.1) is 0 Å². The van der Waals surface area contributed by atoms with Crippen molar-refractivity contribution < 1.29 is 14.2 Å². The lowest BCUT2D eigenvalue weighted by Gasteiger charge is -2.27. The maximum Gasteiger partial charge on any atom is 0.161 e. The van der Waals surface area contributed by atoms with Gasteiger partial charge in [0.15, 0.2) is 6.73 Å². The summed E-state index contributed by atoms with van der Waals surface area (Å²) in [6, 6.07) is 77.4. The molecule has 0 N–H and O–H groups in total. The van der Waals surface area contributed by atoms with E-state index in [1.807, 2.05) is 104 Å². The molecule has 0 unspecified atom stereocenters. The Kier molecular flexibility index (Phi) is 23.8. The molecule has 7 aliphatic heterocycles. The van der Waals surface area contributed by atoms with Crippen molar-refractivity contribution in [3.63, 3.8) is 0 Å². The van der Waals surface area contributed by atoms with Gasteiger partial charge in [-0.15, -0.1) is 11.8 Å². The number of benzene rings is 9. The van der Waals surface area contributed by atoms with Gasteiger partial charge in [0, 0.05) is 122 Å². The number of rotatable bonds is 0. The lowest BCUT2D eigenvalue weighted by molar-refractivity contribution is 0.113. The second kappa shape index (κ2) is 33.3. The summed E-state index contributed by atoms with van der Waals surface area (Å²) in [4.78, 5) is 21.2. The first-order valence-electron chi connectivity index (χ1n) is 32.2. The number of hydrogen-bond donors (Lipinski definition) is 0. The Morgan fingerprint density at radius 3 is 1.48 bits per heavy atom. The summed E-state index contributed by atoms with van der Waals surface area (Å²) in [6.45, 7) is 8.55. The van der Waals surface area contributed by atoms with Gasteiger partial charge in [-0.2, -0.15) is 0 Å². The van der Waals surface area contributed by atoms with E-state index in [-0.39, 0.29) is 0 Å². The van der Waals surface area contributed by atoms with Crippen molar-refractivity contribution in [2.75, 3.05) is 124 Å². The molecular formula is C79H92N10O3S. The van der Waals surface area contributed by atoms with Crippen LogP contribution >= 0.6 is 11.8 Å². The Bertz CT molecular complexity index is 3760. The normalized spacial score (nSPS) is 14.7. The molecule has 0 aliphatic carbocycles. The molecule has 0 radical (unpaired) electrons. The highest BCUT2D eigenvalue weighted by Gasteiger charge is 2.18. The molecule has 0 amide bonds. The van der Waals surface area contributed by atoms with E-state index >= 15 is 0 Å². The summed E-state index contributed by atoms with van der Waals surface area (Å²) in [5, 5.41) is 1.31. The minimum absolute atomic E-state index is 0.680. The van der Waals surface area contributed by atoms with Gasteiger partial charge < -0.3 is 52.7 Å². The molecule has 9 aromatic carbocycles. The van der Waals surface area contributed by atoms with Crippen molar-refractivity contribution in [2.24, 2.45) is 14.1 Å². The summed E-state index contributed by atoms with van der Waals surface area (Å²) in [5.74, 6) is 3.09. The van der Waals surface area contributed by atoms with Crippen LogP contribution < -0.4 is 38.9 Å². The maximum absolute atomic E-state index is 5.45. The maximum atomic E-state index is 5.45. The zero-order valence-corrected chi connectivity index (χ0v) is 56.6. The molecule has 0 spiro atoms. The molecule has 0 saturated heterocycles. The molecule has 9 heterocycles. The van der Waals surface area contributed by atoms with Gasteiger partial charge in [-0.25, -0.2) is 4.98 Å². The van der Waals surface area contributed by atoms with Crippen molar-refractivity contribution in [3.8, 4) is 11.5 Å². The van der Waals surface area contributed by atoms with Crippen molar-refractivity contribution in [3.05, 3.63) is 265 Å². The fourth-order valence-corrected chi connectivity index (χ4v) is 13.0. The fraction of sp³-hybridized carbons (Fsp3) is 0.278. The SMILES string of the molecule is CN1CCCc2ccccc21.CN1CCOc2ccccc21.CN1CCc2ccccc21.CN1COCc2ccccc21.CN1COc2ccccc21.CN1CSc2ccccc21.CN1Cc2ccccc2C1.Cn1ccc2ccccc21.Cn1cnc2ccccc21. The van der Waals surface area contributed by atoms with Crippen molar-refractivity contribution in [2.45, 2.75) is 43.9 Å². The number of likely N-dealkylation sites (N-methyl/N-ethyl adjacent to an activating group) is 2. The number of fused-ring (bicyclic) bond motifs is 9. The average Bonchev–Trinajstić information content (AvgIpc) is 3.61. The average molecular weight is 1260 g/mol. The highest BCUT2D eigenvalue weighted by molar-refractivity contribution is 7.99. The predicted octanol–water partition coefficient (Wildman–Crippen LogP) is 15.9. The number of aromatic nitrogens is 3. The lowest BCUT2D eigenvalue weighted by Crippen LogP contribution is -2.28. The summed E-state index contributed by atoms with van der Waals surface area (Å²) in [6.07, 6.45) is 7.66. The molecule has 93 heavy (non-hydrogen) atoms. The van der Waals surface area contributed by atoms with Crippen LogP contribution in [0.5, 0.6) is 11.5 Å². The molecule has 0 fully saturated rings. The zero-order chi connectivity index (χ0) is 64.9. The number of imidazole rings is 1. The Morgan fingerprint density at radius 2 is 0.871 bits per heavy atom. The van der Waals surface area contributed by atoms with Crippen LogP contribution in [-0.2, 0) is 51.4 Å². The van der Waals surface area contributed by atoms with Crippen LogP contribution in [0.25, 0.3) is 21.9 Å². The van der Waals surface area contributed by atoms with Gasteiger partial charge >= 0.3 is 0 Å². The number of hydrogen-bond acceptors (Lipinski definition) is 12. The largest absolute Gasteiger partial charge is 0.490 e. The monoisotopic (exact) mass is 1260 g/mol. The van der Waals surface area contributed by atoms with Gasteiger partial charge in [0.1, 0.15) is 24.8 Å². The molecule has 18 rings (SSSR count). The molecule has 13 nitrogen and oxygen atoms in total.